The van der Waals surface area contributed by atoms with E-state index in [0.29, 0.717) is 11.3 Å². The lowest BCUT2D eigenvalue weighted by molar-refractivity contribution is 0.0597. The fraction of sp³-hybridized carbons (Fsp3) is 0.133. The number of nitrogens with two attached hydrogens (primary N) is 1. The van der Waals surface area contributed by atoms with Gasteiger partial charge in [-0.1, -0.05) is 36.4 Å². The molecule has 3 nitrogen and oxygen atoms in total. The molecule has 19 heavy (non-hydrogen) atoms. The second-order valence-corrected chi connectivity index (χ2v) is 4.98. The molecule has 98 valence electrons. The van der Waals surface area contributed by atoms with Gasteiger partial charge in [-0.3, -0.25) is 0 Å². The summed E-state index contributed by atoms with van der Waals surface area (Å²) >= 11 is 1.54. The maximum atomic E-state index is 11.7. The zero-order valence-corrected chi connectivity index (χ0v) is 11.4. The van der Waals surface area contributed by atoms with Gasteiger partial charge in [0, 0.05) is 16.3 Å². The molecule has 0 heterocycles. The van der Waals surface area contributed by atoms with Gasteiger partial charge in [-0.05, 0) is 17.7 Å². The normalized spacial score (nSPS) is 10.2. The van der Waals surface area contributed by atoms with Gasteiger partial charge in [0.2, 0.25) is 0 Å². The van der Waals surface area contributed by atoms with Crippen LogP contribution in [0, 0.1) is 0 Å². The second-order valence-electron chi connectivity index (χ2n) is 3.99. The summed E-state index contributed by atoms with van der Waals surface area (Å²) in [6.45, 7) is 0. The molecule has 2 rings (SSSR count). The van der Waals surface area contributed by atoms with Crippen LogP contribution in [0.25, 0.3) is 0 Å². The van der Waals surface area contributed by atoms with E-state index >= 15 is 0 Å². The monoisotopic (exact) mass is 273 g/mol. The van der Waals surface area contributed by atoms with Crippen molar-refractivity contribution in [2.75, 3.05) is 12.8 Å². The summed E-state index contributed by atoms with van der Waals surface area (Å²) in [5.74, 6) is 0.404. The summed E-state index contributed by atoms with van der Waals surface area (Å²) in [5, 5.41) is 0. The smallest absolute Gasteiger partial charge is 0.339 e. The van der Waals surface area contributed by atoms with Crippen LogP contribution >= 0.6 is 11.8 Å². The Kier molecular flexibility index (Phi) is 4.47. The van der Waals surface area contributed by atoms with Crippen molar-refractivity contribution in [1.82, 2.24) is 0 Å². The molecule has 0 saturated carbocycles. The van der Waals surface area contributed by atoms with E-state index in [1.165, 1.54) is 12.7 Å². The Morgan fingerprint density at radius 2 is 1.89 bits per heavy atom. The minimum atomic E-state index is -0.358. The largest absolute Gasteiger partial charge is 0.465 e. The molecule has 0 spiro atoms. The van der Waals surface area contributed by atoms with E-state index in [4.69, 9.17) is 10.5 Å². The molecule has 0 radical (unpaired) electrons. The summed E-state index contributed by atoms with van der Waals surface area (Å²) in [6, 6.07) is 15.3. The molecule has 0 aliphatic rings. The number of esters is 1. The third-order valence-electron chi connectivity index (χ3n) is 2.68. The topological polar surface area (TPSA) is 52.3 Å². The summed E-state index contributed by atoms with van der Waals surface area (Å²) in [5.41, 5.74) is 8.25. The van der Waals surface area contributed by atoms with Crippen molar-refractivity contribution in [1.29, 1.82) is 0 Å². The van der Waals surface area contributed by atoms with E-state index in [9.17, 15) is 4.79 Å². The first kappa shape index (κ1) is 13.5. The molecule has 4 heteroatoms. The minimum absolute atomic E-state index is 0.358. The highest BCUT2D eigenvalue weighted by Gasteiger charge is 2.14. The van der Waals surface area contributed by atoms with Gasteiger partial charge in [0.1, 0.15) is 0 Å². The molecule has 2 aromatic carbocycles. The molecule has 0 atom stereocenters. The molecular formula is C15H15NO2S. The average Bonchev–Trinajstić information content (AvgIpc) is 2.46. The molecule has 2 aromatic rings. The van der Waals surface area contributed by atoms with Crippen LogP contribution in [-0.4, -0.2) is 13.1 Å². The predicted octanol–water partition coefficient (Wildman–Crippen LogP) is 3.35. The second kappa shape index (κ2) is 6.29. The fourth-order valence-electron chi connectivity index (χ4n) is 1.72. The molecule has 2 N–H and O–H groups in total. The number of methoxy groups -OCH3 is 1. The van der Waals surface area contributed by atoms with Gasteiger partial charge in [-0.25, -0.2) is 4.79 Å². The maximum absolute atomic E-state index is 11.7. The number of rotatable bonds is 4. The number of nitrogen functional groups attached to an aromatic ring is 1. The van der Waals surface area contributed by atoms with Gasteiger partial charge in [-0.15, -0.1) is 11.8 Å². The predicted molar refractivity (Wildman–Crippen MR) is 78.2 cm³/mol. The first-order valence-corrected chi connectivity index (χ1v) is 6.84. The maximum Gasteiger partial charge on any atom is 0.339 e. The van der Waals surface area contributed by atoms with Gasteiger partial charge in [-0.2, -0.15) is 0 Å². The van der Waals surface area contributed by atoms with Crippen molar-refractivity contribution in [3.8, 4) is 0 Å². The van der Waals surface area contributed by atoms with Crippen molar-refractivity contribution in [2.24, 2.45) is 0 Å². The SMILES string of the molecule is COC(=O)c1cccc(N)c1SCc1ccccc1. The van der Waals surface area contributed by atoms with E-state index in [1.807, 2.05) is 30.3 Å². The quantitative estimate of drug-likeness (QED) is 0.527. The van der Waals surface area contributed by atoms with Crippen LogP contribution in [0.1, 0.15) is 15.9 Å². The zero-order chi connectivity index (χ0) is 13.7. The number of carbonyl (C=O) groups is 1. The number of anilines is 1. The van der Waals surface area contributed by atoms with Crippen molar-refractivity contribution in [3.05, 3.63) is 59.7 Å². The molecular weight excluding hydrogens is 258 g/mol. The third kappa shape index (κ3) is 3.29. The number of benzene rings is 2. The highest BCUT2D eigenvalue weighted by Crippen LogP contribution is 2.31. The van der Waals surface area contributed by atoms with E-state index in [0.717, 1.165) is 10.6 Å². The van der Waals surface area contributed by atoms with Gasteiger partial charge in [0.25, 0.3) is 0 Å². The van der Waals surface area contributed by atoms with Gasteiger partial charge in [0.05, 0.1) is 12.7 Å². The molecule has 0 bridgehead atoms. The van der Waals surface area contributed by atoms with Crippen LogP contribution in [-0.2, 0) is 10.5 Å². The number of hydrogen-bond acceptors (Lipinski definition) is 4. The summed E-state index contributed by atoms with van der Waals surface area (Å²) in [7, 11) is 1.37. The van der Waals surface area contributed by atoms with E-state index in [1.54, 1.807) is 30.0 Å². The molecule has 0 aliphatic carbocycles. The van der Waals surface area contributed by atoms with Crippen LogP contribution in [0.4, 0.5) is 5.69 Å². The van der Waals surface area contributed by atoms with E-state index in [2.05, 4.69) is 0 Å². The first-order chi connectivity index (χ1) is 9.22. The molecule has 0 aliphatic heterocycles. The van der Waals surface area contributed by atoms with Gasteiger partial charge >= 0.3 is 5.97 Å². The average molecular weight is 273 g/mol. The number of ether oxygens (including phenoxy) is 1. The van der Waals surface area contributed by atoms with Crippen molar-refractivity contribution < 1.29 is 9.53 Å². The lowest BCUT2D eigenvalue weighted by Gasteiger charge is -2.10. The Hall–Kier alpha value is -1.94. The lowest BCUT2D eigenvalue weighted by Crippen LogP contribution is -2.05. The minimum Gasteiger partial charge on any atom is -0.465 e. The summed E-state index contributed by atoms with van der Waals surface area (Å²) in [4.78, 5) is 12.5. The van der Waals surface area contributed by atoms with Crippen LogP contribution in [0.3, 0.4) is 0 Å². The van der Waals surface area contributed by atoms with Crippen molar-refractivity contribution in [3.63, 3.8) is 0 Å². The molecule has 0 amide bonds. The van der Waals surface area contributed by atoms with Crippen LogP contribution in [0.15, 0.2) is 53.4 Å². The first-order valence-electron chi connectivity index (χ1n) is 5.86. The Bertz CT molecular complexity index is 570. The summed E-state index contributed by atoms with van der Waals surface area (Å²) < 4.78 is 4.78. The third-order valence-corrected chi connectivity index (χ3v) is 3.90. The number of hydrogen-bond donors (Lipinski definition) is 1. The van der Waals surface area contributed by atoms with E-state index in [-0.39, 0.29) is 5.97 Å². The molecule has 0 saturated heterocycles. The highest BCUT2D eigenvalue weighted by atomic mass is 32.2. The molecule has 0 aromatic heterocycles. The van der Waals surface area contributed by atoms with Crippen LogP contribution < -0.4 is 5.73 Å². The lowest BCUT2D eigenvalue weighted by atomic mass is 10.2. The van der Waals surface area contributed by atoms with Crippen molar-refractivity contribution in [2.45, 2.75) is 10.6 Å². The highest BCUT2D eigenvalue weighted by molar-refractivity contribution is 7.98. The Morgan fingerprint density at radius 3 is 2.58 bits per heavy atom. The van der Waals surface area contributed by atoms with Gasteiger partial charge < -0.3 is 10.5 Å². The zero-order valence-electron chi connectivity index (χ0n) is 10.6. The Balaban J connectivity index is 2.22. The number of thioether (sulfide) groups is 1. The molecule has 0 unspecified atom stereocenters. The Morgan fingerprint density at radius 1 is 1.16 bits per heavy atom. The van der Waals surface area contributed by atoms with Crippen LogP contribution in [0.5, 0.6) is 0 Å². The fourth-order valence-corrected chi connectivity index (χ4v) is 2.76. The number of carbonyl (C=O) groups excluding carboxylic acids is 1. The van der Waals surface area contributed by atoms with Crippen LogP contribution in [0.2, 0.25) is 0 Å². The van der Waals surface area contributed by atoms with Crippen molar-refractivity contribution >= 4 is 23.4 Å². The van der Waals surface area contributed by atoms with Gasteiger partial charge in [0.15, 0.2) is 0 Å². The Labute approximate surface area is 116 Å². The van der Waals surface area contributed by atoms with E-state index < -0.39 is 0 Å². The standard InChI is InChI=1S/C15H15NO2S/c1-18-15(17)12-8-5-9-13(16)14(12)19-10-11-6-3-2-4-7-11/h2-9H,10,16H2,1H3. The summed E-state index contributed by atoms with van der Waals surface area (Å²) in [6.07, 6.45) is 0. The molecule has 0 fully saturated rings.